The van der Waals surface area contributed by atoms with Gasteiger partial charge in [0.1, 0.15) is 0 Å². The summed E-state index contributed by atoms with van der Waals surface area (Å²) < 4.78 is 10.5. The van der Waals surface area contributed by atoms with Gasteiger partial charge in [0, 0.05) is 51.5 Å². The highest BCUT2D eigenvalue weighted by Gasteiger charge is 2.21. The molecule has 1 atom stereocenters. The second-order valence-corrected chi connectivity index (χ2v) is 5.82. The molecule has 1 aromatic heterocycles. The molecule has 1 fully saturated rings. The first kappa shape index (κ1) is 14.7. The second-order valence-electron chi connectivity index (χ2n) is 4.72. The van der Waals surface area contributed by atoms with E-state index in [-0.39, 0.29) is 0 Å². The van der Waals surface area contributed by atoms with Gasteiger partial charge in [0.15, 0.2) is 5.13 Å². The zero-order chi connectivity index (χ0) is 13.5. The Bertz CT molecular complexity index is 373. The van der Waals surface area contributed by atoms with Crippen molar-refractivity contribution in [3.63, 3.8) is 0 Å². The Morgan fingerprint density at radius 2 is 2.42 bits per heavy atom. The van der Waals surface area contributed by atoms with E-state index in [1.54, 1.807) is 25.6 Å². The highest BCUT2D eigenvalue weighted by atomic mass is 32.1. The van der Waals surface area contributed by atoms with Crippen molar-refractivity contribution in [2.75, 3.05) is 45.4 Å². The fourth-order valence-electron chi connectivity index (χ4n) is 2.22. The molecule has 2 rings (SSSR count). The summed E-state index contributed by atoms with van der Waals surface area (Å²) in [6.07, 6.45) is 4.65. The number of rotatable bonds is 7. The van der Waals surface area contributed by atoms with Crippen LogP contribution in [0.1, 0.15) is 17.7 Å². The number of methoxy groups -OCH3 is 2. The van der Waals surface area contributed by atoms with Crippen molar-refractivity contribution >= 4 is 16.5 Å². The van der Waals surface area contributed by atoms with E-state index in [1.807, 2.05) is 6.20 Å². The molecular formula is C13H23N3O2S. The summed E-state index contributed by atoms with van der Waals surface area (Å²) in [4.78, 5) is 8.13. The van der Waals surface area contributed by atoms with Gasteiger partial charge >= 0.3 is 0 Å². The Labute approximate surface area is 118 Å². The monoisotopic (exact) mass is 285 g/mol. The summed E-state index contributed by atoms with van der Waals surface area (Å²) in [5, 5.41) is 4.46. The van der Waals surface area contributed by atoms with Gasteiger partial charge in [-0.2, -0.15) is 0 Å². The molecular weight excluding hydrogens is 262 g/mol. The smallest absolute Gasteiger partial charge is 0.185 e. The van der Waals surface area contributed by atoms with Crippen molar-refractivity contribution in [3.05, 3.63) is 11.1 Å². The third kappa shape index (κ3) is 4.42. The van der Waals surface area contributed by atoms with Gasteiger partial charge < -0.3 is 19.7 Å². The molecule has 6 heteroatoms. The number of hydrogen-bond acceptors (Lipinski definition) is 6. The Kier molecular flexibility index (Phi) is 6.03. The van der Waals surface area contributed by atoms with Gasteiger partial charge in [-0.25, -0.2) is 4.98 Å². The van der Waals surface area contributed by atoms with Crippen molar-refractivity contribution in [2.45, 2.75) is 25.5 Å². The molecule has 0 aromatic carbocycles. The minimum Gasteiger partial charge on any atom is -0.383 e. The van der Waals surface area contributed by atoms with Gasteiger partial charge in [0.25, 0.3) is 0 Å². The predicted octanol–water partition coefficient (Wildman–Crippen LogP) is 1.49. The summed E-state index contributed by atoms with van der Waals surface area (Å²) >= 11 is 1.77. The van der Waals surface area contributed by atoms with Crippen molar-refractivity contribution < 1.29 is 9.47 Å². The summed E-state index contributed by atoms with van der Waals surface area (Å²) in [6, 6.07) is 0. The van der Waals surface area contributed by atoms with Crippen molar-refractivity contribution in [2.24, 2.45) is 0 Å². The van der Waals surface area contributed by atoms with Crippen molar-refractivity contribution in [1.82, 2.24) is 10.3 Å². The first-order valence-corrected chi connectivity index (χ1v) is 7.57. The minimum absolute atomic E-state index is 0.348. The van der Waals surface area contributed by atoms with Gasteiger partial charge in [0.05, 0.1) is 12.7 Å². The van der Waals surface area contributed by atoms with E-state index in [4.69, 9.17) is 9.47 Å². The van der Waals surface area contributed by atoms with E-state index in [0.29, 0.717) is 6.10 Å². The normalized spacial score (nSPS) is 19.9. The molecule has 19 heavy (non-hydrogen) atoms. The maximum absolute atomic E-state index is 5.45. The molecule has 108 valence electrons. The SMILES string of the molecule is COCCNCc1cnc(N2CCCC(OC)C2)s1. The second kappa shape index (κ2) is 7.79. The summed E-state index contributed by atoms with van der Waals surface area (Å²) in [7, 11) is 3.51. The molecule has 0 aliphatic carbocycles. The average Bonchev–Trinajstić information content (AvgIpc) is 2.92. The Balaban J connectivity index is 1.82. The zero-order valence-electron chi connectivity index (χ0n) is 11.7. The first-order valence-electron chi connectivity index (χ1n) is 6.75. The minimum atomic E-state index is 0.348. The molecule has 1 aliphatic heterocycles. The number of nitrogens with zero attached hydrogens (tertiary/aromatic N) is 2. The fourth-order valence-corrected chi connectivity index (χ4v) is 3.13. The van der Waals surface area contributed by atoms with Gasteiger partial charge in [-0.15, -0.1) is 11.3 Å². The van der Waals surface area contributed by atoms with E-state index < -0.39 is 0 Å². The Hall–Kier alpha value is -0.690. The van der Waals surface area contributed by atoms with Crippen LogP contribution in [0.5, 0.6) is 0 Å². The quantitative estimate of drug-likeness (QED) is 0.769. The number of aromatic nitrogens is 1. The van der Waals surface area contributed by atoms with Crippen molar-refractivity contribution in [3.8, 4) is 0 Å². The van der Waals surface area contributed by atoms with Gasteiger partial charge in [-0.1, -0.05) is 0 Å². The van der Waals surface area contributed by atoms with Gasteiger partial charge in [0.2, 0.25) is 0 Å². The molecule has 2 heterocycles. The summed E-state index contributed by atoms with van der Waals surface area (Å²) in [5.74, 6) is 0. The fraction of sp³-hybridized carbons (Fsp3) is 0.769. The Morgan fingerprint density at radius 1 is 1.53 bits per heavy atom. The molecule has 0 amide bonds. The lowest BCUT2D eigenvalue weighted by Crippen LogP contribution is -2.39. The lowest BCUT2D eigenvalue weighted by atomic mass is 10.1. The molecule has 1 unspecified atom stereocenters. The summed E-state index contributed by atoms with van der Waals surface area (Å²) in [5.41, 5.74) is 0. The molecule has 1 aliphatic rings. The predicted molar refractivity (Wildman–Crippen MR) is 77.9 cm³/mol. The maximum Gasteiger partial charge on any atom is 0.185 e. The van der Waals surface area contributed by atoms with E-state index in [1.165, 1.54) is 11.3 Å². The van der Waals surface area contributed by atoms with Crippen LogP contribution in [0.3, 0.4) is 0 Å². The van der Waals surface area contributed by atoms with Crippen LogP contribution in [-0.4, -0.2) is 51.5 Å². The number of nitrogens with one attached hydrogen (secondary N) is 1. The molecule has 0 radical (unpaired) electrons. The largest absolute Gasteiger partial charge is 0.383 e. The van der Waals surface area contributed by atoms with E-state index in [0.717, 1.165) is 44.3 Å². The highest BCUT2D eigenvalue weighted by molar-refractivity contribution is 7.15. The number of ether oxygens (including phenoxy) is 2. The van der Waals surface area contributed by atoms with Crippen LogP contribution in [0.15, 0.2) is 6.20 Å². The lowest BCUT2D eigenvalue weighted by molar-refractivity contribution is 0.0893. The molecule has 5 nitrogen and oxygen atoms in total. The van der Waals surface area contributed by atoms with E-state index >= 15 is 0 Å². The molecule has 1 aromatic rings. The molecule has 0 spiro atoms. The number of piperidine rings is 1. The third-order valence-corrected chi connectivity index (χ3v) is 4.36. The number of hydrogen-bond donors (Lipinski definition) is 1. The van der Waals surface area contributed by atoms with Crippen molar-refractivity contribution in [1.29, 1.82) is 0 Å². The standard InChI is InChI=1S/C13H23N3O2S/c1-17-7-5-14-8-12-9-15-13(19-12)16-6-3-4-11(10-16)18-2/h9,11,14H,3-8,10H2,1-2H3. The molecule has 0 saturated carbocycles. The highest BCUT2D eigenvalue weighted by Crippen LogP contribution is 2.26. The van der Waals surface area contributed by atoms with Gasteiger partial charge in [-0.3, -0.25) is 0 Å². The van der Waals surface area contributed by atoms with Crippen LogP contribution in [0.4, 0.5) is 5.13 Å². The number of anilines is 1. The maximum atomic E-state index is 5.45. The van der Waals surface area contributed by atoms with Crippen LogP contribution in [0, 0.1) is 0 Å². The average molecular weight is 285 g/mol. The topological polar surface area (TPSA) is 46.6 Å². The molecule has 1 saturated heterocycles. The van der Waals surface area contributed by atoms with Crippen LogP contribution in [0.2, 0.25) is 0 Å². The Morgan fingerprint density at radius 3 is 3.21 bits per heavy atom. The van der Waals surface area contributed by atoms with Crippen LogP contribution in [0.25, 0.3) is 0 Å². The van der Waals surface area contributed by atoms with Crippen LogP contribution in [-0.2, 0) is 16.0 Å². The number of thiazole rings is 1. The zero-order valence-corrected chi connectivity index (χ0v) is 12.5. The van der Waals surface area contributed by atoms with Gasteiger partial charge in [-0.05, 0) is 12.8 Å². The third-order valence-electron chi connectivity index (χ3n) is 3.31. The molecule has 0 bridgehead atoms. The van der Waals surface area contributed by atoms with E-state index in [9.17, 15) is 0 Å². The van der Waals surface area contributed by atoms with E-state index in [2.05, 4.69) is 15.2 Å². The molecule has 1 N–H and O–H groups in total. The first-order chi connectivity index (χ1) is 9.33. The van der Waals surface area contributed by atoms with Crippen LogP contribution >= 0.6 is 11.3 Å². The summed E-state index contributed by atoms with van der Waals surface area (Å²) in [6.45, 7) is 4.53. The van der Waals surface area contributed by atoms with Crippen LogP contribution < -0.4 is 10.2 Å². The lowest BCUT2D eigenvalue weighted by Gasteiger charge is -2.31.